The third-order valence-corrected chi connectivity index (χ3v) is 3.32. The Morgan fingerprint density at radius 2 is 2.06 bits per heavy atom. The fourth-order valence-corrected chi connectivity index (χ4v) is 2.14. The third kappa shape index (κ3) is 1.79. The van der Waals surface area contributed by atoms with Crippen LogP contribution in [-0.4, -0.2) is 42.0 Å². The predicted molar refractivity (Wildman–Crippen MR) is 57.1 cm³/mol. The van der Waals surface area contributed by atoms with E-state index in [4.69, 9.17) is 5.73 Å². The first kappa shape index (κ1) is 12.3. The van der Waals surface area contributed by atoms with Crippen molar-refractivity contribution in [2.75, 3.05) is 13.2 Å². The molecule has 0 bridgehead atoms. The smallest absolute Gasteiger partial charge is 0.404 e. The molecule has 5 amide bonds. The number of nitrogens with zero attached hydrogens (tertiary/aromatic N) is 1. The van der Waals surface area contributed by atoms with Crippen LogP contribution in [0, 0.1) is 5.41 Å². The summed E-state index contributed by atoms with van der Waals surface area (Å²) in [5.41, 5.74) is 3.67. The molecule has 3 N–H and O–H groups in total. The molecule has 0 aromatic rings. The number of primary amides is 1. The van der Waals surface area contributed by atoms with Crippen LogP contribution in [-0.2, 0) is 14.3 Å². The summed E-state index contributed by atoms with van der Waals surface area (Å²) in [5.74, 6) is -1.05. The largest absolute Gasteiger partial charge is 0.448 e. The van der Waals surface area contributed by atoms with Crippen molar-refractivity contribution in [1.29, 1.82) is 0 Å². The van der Waals surface area contributed by atoms with Crippen LogP contribution in [0.4, 0.5) is 9.59 Å². The van der Waals surface area contributed by atoms with E-state index in [0.29, 0.717) is 12.8 Å². The summed E-state index contributed by atoms with van der Waals surface area (Å²) in [7, 11) is 0. The Morgan fingerprint density at radius 3 is 2.56 bits per heavy atom. The molecule has 8 nitrogen and oxygen atoms in total. The number of hydrogen-bond donors (Lipinski definition) is 2. The number of barbiturate groups is 1. The van der Waals surface area contributed by atoms with E-state index in [1.165, 1.54) is 0 Å². The molecule has 1 aliphatic heterocycles. The van der Waals surface area contributed by atoms with Crippen molar-refractivity contribution in [2.45, 2.75) is 19.3 Å². The Morgan fingerprint density at radius 1 is 1.39 bits per heavy atom. The second-order valence-electron chi connectivity index (χ2n) is 4.32. The Labute approximate surface area is 102 Å². The molecule has 1 heterocycles. The number of imide groups is 2. The summed E-state index contributed by atoms with van der Waals surface area (Å²) in [6, 6.07) is -0.782. The standard InChI is InChI=1S/C10H13N3O5/c11-8(16)18-5-4-13-7(15)10(2-1-3-10)6(14)12-9(13)17/h1-5H2,(H2,11,16)(H,12,14,17). The fourth-order valence-electron chi connectivity index (χ4n) is 2.14. The molecule has 18 heavy (non-hydrogen) atoms. The molecule has 0 unspecified atom stereocenters. The monoisotopic (exact) mass is 255 g/mol. The molecule has 1 aliphatic carbocycles. The maximum Gasteiger partial charge on any atom is 0.404 e. The van der Waals surface area contributed by atoms with Crippen LogP contribution in [0.2, 0.25) is 0 Å². The Hall–Kier alpha value is -2.12. The van der Waals surface area contributed by atoms with Gasteiger partial charge in [0.25, 0.3) is 0 Å². The van der Waals surface area contributed by atoms with E-state index in [1.54, 1.807) is 0 Å². The van der Waals surface area contributed by atoms with Gasteiger partial charge in [-0.1, -0.05) is 6.42 Å². The van der Waals surface area contributed by atoms with Crippen molar-refractivity contribution in [3.8, 4) is 0 Å². The summed E-state index contributed by atoms with van der Waals surface area (Å²) < 4.78 is 4.47. The molecule has 0 aromatic carbocycles. The van der Waals surface area contributed by atoms with E-state index >= 15 is 0 Å². The van der Waals surface area contributed by atoms with Gasteiger partial charge in [-0.2, -0.15) is 0 Å². The van der Waals surface area contributed by atoms with Crippen molar-refractivity contribution in [3.05, 3.63) is 0 Å². The van der Waals surface area contributed by atoms with E-state index in [2.05, 4.69) is 10.1 Å². The minimum absolute atomic E-state index is 0.108. The van der Waals surface area contributed by atoms with E-state index in [-0.39, 0.29) is 13.2 Å². The molecule has 2 fully saturated rings. The minimum Gasteiger partial charge on any atom is -0.448 e. The minimum atomic E-state index is -1.10. The second-order valence-corrected chi connectivity index (χ2v) is 4.32. The molecule has 2 rings (SSSR count). The molecule has 1 saturated carbocycles. The summed E-state index contributed by atoms with van der Waals surface area (Å²) in [6.07, 6.45) is 0.684. The Balaban J connectivity index is 2.05. The fraction of sp³-hybridized carbons (Fsp3) is 0.600. The van der Waals surface area contributed by atoms with Crippen LogP contribution < -0.4 is 11.1 Å². The molecule has 0 atom stereocenters. The SMILES string of the molecule is NC(=O)OCCN1C(=O)NC(=O)C2(CCC2)C1=O. The highest BCUT2D eigenvalue weighted by Crippen LogP contribution is 2.44. The van der Waals surface area contributed by atoms with E-state index in [1.807, 2.05) is 0 Å². The zero-order valence-electron chi connectivity index (χ0n) is 9.60. The maximum atomic E-state index is 12.1. The lowest BCUT2D eigenvalue weighted by Crippen LogP contribution is -2.66. The summed E-state index contributed by atoms with van der Waals surface area (Å²) in [6.45, 7) is -0.290. The maximum absolute atomic E-state index is 12.1. The van der Waals surface area contributed by atoms with Gasteiger partial charge in [0.2, 0.25) is 11.8 Å². The van der Waals surface area contributed by atoms with Crippen LogP contribution in [0.3, 0.4) is 0 Å². The predicted octanol–water partition coefficient (Wildman–Crippen LogP) is -0.670. The highest BCUT2D eigenvalue weighted by molar-refractivity contribution is 6.19. The van der Waals surface area contributed by atoms with Gasteiger partial charge in [0.05, 0.1) is 6.54 Å². The van der Waals surface area contributed by atoms with Crippen molar-refractivity contribution in [1.82, 2.24) is 10.2 Å². The molecule has 2 aliphatic rings. The van der Waals surface area contributed by atoms with Crippen LogP contribution in [0.1, 0.15) is 19.3 Å². The highest BCUT2D eigenvalue weighted by Gasteiger charge is 2.57. The molecule has 0 radical (unpaired) electrons. The zero-order chi connectivity index (χ0) is 13.3. The van der Waals surface area contributed by atoms with Crippen LogP contribution in [0.15, 0.2) is 0 Å². The number of urea groups is 1. The van der Waals surface area contributed by atoms with Gasteiger partial charge in [0.1, 0.15) is 12.0 Å². The number of hydrogen-bond acceptors (Lipinski definition) is 5. The zero-order valence-corrected chi connectivity index (χ0v) is 9.60. The highest BCUT2D eigenvalue weighted by atomic mass is 16.5. The van der Waals surface area contributed by atoms with E-state index in [9.17, 15) is 19.2 Å². The molecule has 8 heteroatoms. The number of rotatable bonds is 3. The van der Waals surface area contributed by atoms with Gasteiger partial charge in [-0.3, -0.25) is 19.8 Å². The number of carbonyl (C=O) groups is 4. The molecule has 1 saturated heterocycles. The van der Waals surface area contributed by atoms with Gasteiger partial charge in [0.15, 0.2) is 0 Å². The first-order valence-corrected chi connectivity index (χ1v) is 5.57. The van der Waals surface area contributed by atoms with Gasteiger partial charge >= 0.3 is 12.1 Å². The van der Waals surface area contributed by atoms with Gasteiger partial charge < -0.3 is 10.5 Å². The summed E-state index contributed by atoms with van der Waals surface area (Å²) in [4.78, 5) is 46.6. The van der Waals surface area contributed by atoms with Crippen LogP contribution >= 0.6 is 0 Å². The van der Waals surface area contributed by atoms with Gasteiger partial charge in [-0.25, -0.2) is 9.59 Å². The molecule has 98 valence electrons. The van der Waals surface area contributed by atoms with Crippen molar-refractivity contribution in [3.63, 3.8) is 0 Å². The third-order valence-electron chi connectivity index (χ3n) is 3.32. The second kappa shape index (κ2) is 4.28. The van der Waals surface area contributed by atoms with E-state index < -0.39 is 29.4 Å². The van der Waals surface area contributed by atoms with Crippen molar-refractivity contribution >= 4 is 23.9 Å². The Bertz CT molecular complexity index is 429. The Kier molecular flexibility index (Phi) is 2.93. The molecular formula is C10H13N3O5. The number of ether oxygens (including phenoxy) is 1. The lowest BCUT2D eigenvalue weighted by Gasteiger charge is -2.44. The van der Waals surface area contributed by atoms with Crippen LogP contribution in [0.25, 0.3) is 0 Å². The molecular weight excluding hydrogens is 242 g/mol. The number of carbonyl (C=O) groups excluding carboxylic acids is 4. The van der Waals surface area contributed by atoms with Gasteiger partial charge in [0, 0.05) is 0 Å². The lowest BCUT2D eigenvalue weighted by atomic mass is 9.66. The van der Waals surface area contributed by atoms with E-state index in [0.717, 1.165) is 11.3 Å². The molecule has 0 aromatic heterocycles. The lowest BCUT2D eigenvalue weighted by molar-refractivity contribution is -0.157. The summed E-state index contributed by atoms with van der Waals surface area (Å²) in [5, 5.41) is 2.15. The topological polar surface area (TPSA) is 119 Å². The number of nitrogens with one attached hydrogen (secondary N) is 1. The average Bonchev–Trinajstić information content (AvgIpc) is 2.20. The normalized spacial score (nSPS) is 21.6. The van der Waals surface area contributed by atoms with Crippen molar-refractivity contribution < 1.29 is 23.9 Å². The van der Waals surface area contributed by atoms with Gasteiger partial charge in [-0.15, -0.1) is 0 Å². The quantitative estimate of drug-likeness (QED) is 0.648. The first-order valence-electron chi connectivity index (χ1n) is 5.57. The van der Waals surface area contributed by atoms with Crippen molar-refractivity contribution in [2.24, 2.45) is 11.1 Å². The van der Waals surface area contributed by atoms with Crippen LogP contribution in [0.5, 0.6) is 0 Å². The van der Waals surface area contributed by atoms with Gasteiger partial charge in [-0.05, 0) is 12.8 Å². The molecule has 1 spiro atoms. The number of nitrogens with two attached hydrogens (primary N) is 1. The average molecular weight is 255 g/mol. The summed E-state index contributed by atoms with van der Waals surface area (Å²) >= 11 is 0. The number of amides is 5. The first-order chi connectivity index (χ1) is 8.47.